The van der Waals surface area contributed by atoms with Crippen LogP contribution in [0.4, 0.5) is 4.79 Å². The van der Waals surface area contributed by atoms with E-state index in [0.717, 1.165) is 31.4 Å². The van der Waals surface area contributed by atoms with Crippen molar-refractivity contribution in [2.45, 2.75) is 143 Å². The molecule has 4 aliphatic rings. The maximum atomic E-state index is 13.8. The fourth-order valence-corrected chi connectivity index (χ4v) is 15.0. The Labute approximate surface area is 233 Å². The maximum Gasteiger partial charge on any atom is 0.414 e. The van der Waals surface area contributed by atoms with Crippen LogP contribution in [-0.4, -0.2) is 43.3 Å². The lowest BCUT2D eigenvalue weighted by Crippen LogP contribution is -2.59. The van der Waals surface area contributed by atoms with Gasteiger partial charge in [-0.05, 0) is 92.3 Å². The second-order valence-corrected chi connectivity index (χ2v) is 21.0. The first-order valence-corrected chi connectivity index (χ1v) is 17.5. The highest BCUT2D eigenvalue weighted by Gasteiger charge is 2.61. The Bertz CT molecular complexity index is 943. The van der Waals surface area contributed by atoms with Crippen LogP contribution >= 0.6 is 0 Å². The highest BCUT2D eigenvalue weighted by molar-refractivity contribution is 6.77. The summed E-state index contributed by atoms with van der Waals surface area (Å²) in [6, 6.07) is 0. The van der Waals surface area contributed by atoms with Crippen LogP contribution in [0.5, 0.6) is 0 Å². The molecule has 5 nitrogen and oxygen atoms in total. The predicted molar refractivity (Wildman–Crippen MR) is 156 cm³/mol. The van der Waals surface area contributed by atoms with Gasteiger partial charge in [-0.1, -0.05) is 55.4 Å². The highest BCUT2D eigenvalue weighted by Crippen LogP contribution is 2.64. The summed E-state index contributed by atoms with van der Waals surface area (Å²) in [6.45, 7) is 25.2. The number of Topliss-reactive ketones (excluding diaryl/α,β-unsaturated/α-hetero) is 1. The molecule has 1 saturated heterocycles. The number of hydrogen-bond donors (Lipinski definition) is 0. The molecular formula is C32H55NO4Si. The molecule has 0 spiro atoms. The van der Waals surface area contributed by atoms with E-state index in [-0.39, 0.29) is 23.0 Å². The monoisotopic (exact) mass is 545 g/mol. The van der Waals surface area contributed by atoms with Crippen molar-refractivity contribution in [3.05, 3.63) is 11.8 Å². The van der Waals surface area contributed by atoms with Crippen molar-refractivity contribution in [3.63, 3.8) is 0 Å². The summed E-state index contributed by atoms with van der Waals surface area (Å²) >= 11 is 0. The van der Waals surface area contributed by atoms with E-state index in [1.54, 1.807) is 0 Å². The lowest BCUT2D eigenvalue weighted by Gasteiger charge is -2.60. The molecule has 38 heavy (non-hydrogen) atoms. The van der Waals surface area contributed by atoms with E-state index in [4.69, 9.17) is 9.16 Å². The summed E-state index contributed by atoms with van der Waals surface area (Å²) in [5, 5.41) is 0. The van der Waals surface area contributed by atoms with Crippen LogP contribution in [0.25, 0.3) is 0 Å². The molecule has 216 valence electrons. The standard InChI is InChI=1S/C32H55NO4Si/c1-20(2)38(21(3)4,22(5)6)37-24-12-15-32(11)26-13-14-31(10)18-23(34)16-27(31)25(26)19-33(28(32)17-24)29(35)36-30(7,8)9/h17,20-22,24-27H,12-16,18-19H2,1-11H3/t24?,25-,26-,27+,31-,32-/m1/s1. The number of rotatable bonds is 5. The molecule has 6 atom stereocenters. The molecule has 1 amide bonds. The molecule has 4 rings (SSSR count). The van der Waals surface area contributed by atoms with Gasteiger partial charge in [0.1, 0.15) is 11.4 Å². The minimum absolute atomic E-state index is 0.0281. The van der Waals surface area contributed by atoms with Gasteiger partial charge in [-0.15, -0.1) is 0 Å². The molecule has 0 aromatic carbocycles. The van der Waals surface area contributed by atoms with Crippen molar-refractivity contribution in [2.24, 2.45) is 28.6 Å². The summed E-state index contributed by atoms with van der Waals surface area (Å²) in [6.07, 6.45) is 7.74. The molecule has 0 radical (unpaired) electrons. The number of carbonyl (C=O) groups is 2. The third-order valence-electron chi connectivity index (χ3n) is 11.1. The number of likely N-dealkylation sites (tertiary alicyclic amines) is 1. The molecule has 0 aromatic heterocycles. The van der Waals surface area contributed by atoms with Crippen molar-refractivity contribution >= 4 is 20.2 Å². The van der Waals surface area contributed by atoms with Gasteiger partial charge in [0.05, 0.1) is 6.10 Å². The fraction of sp³-hybridized carbons (Fsp3) is 0.875. The van der Waals surface area contributed by atoms with Gasteiger partial charge in [0.2, 0.25) is 8.32 Å². The quantitative estimate of drug-likeness (QED) is 0.325. The van der Waals surface area contributed by atoms with Crippen LogP contribution in [-0.2, 0) is 14.0 Å². The summed E-state index contributed by atoms with van der Waals surface area (Å²) in [4.78, 5) is 28.4. The maximum absolute atomic E-state index is 13.8. The molecular weight excluding hydrogens is 490 g/mol. The number of ether oxygens (including phenoxy) is 1. The van der Waals surface area contributed by atoms with Crippen molar-refractivity contribution in [3.8, 4) is 0 Å². The zero-order valence-corrected chi connectivity index (χ0v) is 27.1. The zero-order chi connectivity index (χ0) is 28.4. The summed E-state index contributed by atoms with van der Waals surface area (Å²) < 4.78 is 13.3. The van der Waals surface area contributed by atoms with Crippen LogP contribution in [0.1, 0.15) is 115 Å². The first-order chi connectivity index (χ1) is 17.4. The fourth-order valence-electron chi connectivity index (χ4n) is 9.47. The lowest BCUT2D eigenvalue weighted by molar-refractivity contribution is -0.118. The Morgan fingerprint density at radius 2 is 1.61 bits per heavy atom. The predicted octanol–water partition coefficient (Wildman–Crippen LogP) is 8.49. The third kappa shape index (κ3) is 4.95. The van der Waals surface area contributed by atoms with E-state index < -0.39 is 13.9 Å². The SMILES string of the molecule is CC(C)[Si](OC1C=C2N(C(=O)OC(C)(C)C)C[C@@H]3[C@@H](CC[C@]4(C)CC(=O)C[C@@H]34)[C@@]2(C)CC1)(C(C)C)C(C)C. The van der Waals surface area contributed by atoms with E-state index in [1.165, 1.54) is 0 Å². The minimum Gasteiger partial charge on any atom is -0.443 e. The van der Waals surface area contributed by atoms with Crippen molar-refractivity contribution in [2.75, 3.05) is 6.54 Å². The molecule has 3 aliphatic carbocycles. The Kier molecular flexibility index (Phi) is 7.89. The van der Waals surface area contributed by atoms with E-state index >= 15 is 0 Å². The molecule has 0 N–H and O–H groups in total. The number of amides is 1. The first-order valence-electron chi connectivity index (χ1n) is 15.4. The van der Waals surface area contributed by atoms with Gasteiger partial charge >= 0.3 is 6.09 Å². The number of ketones is 1. The molecule has 1 heterocycles. The van der Waals surface area contributed by atoms with Crippen LogP contribution < -0.4 is 0 Å². The van der Waals surface area contributed by atoms with Crippen LogP contribution in [0.3, 0.4) is 0 Å². The Morgan fingerprint density at radius 3 is 2.16 bits per heavy atom. The Hall–Kier alpha value is -1.14. The van der Waals surface area contributed by atoms with Gasteiger partial charge in [0.15, 0.2) is 0 Å². The summed E-state index contributed by atoms with van der Waals surface area (Å²) in [5.74, 6) is 1.58. The minimum atomic E-state index is -2.07. The van der Waals surface area contributed by atoms with E-state index in [1.807, 2.05) is 25.7 Å². The molecule has 6 heteroatoms. The smallest absolute Gasteiger partial charge is 0.414 e. The molecule has 1 unspecified atom stereocenters. The molecule has 0 aromatic rings. The van der Waals surface area contributed by atoms with Crippen molar-refractivity contribution in [1.29, 1.82) is 0 Å². The number of carbonyl (C=O) groups excluding carboxylic acids is 2. The lowest BCUT2D eigenvalue weighted by atomic mass is 9.50. The van der Waals surface area contributed by atoms with Gasteiger partial charge in [-0.25, -0.2) is 4.79 Å². The van der Waals surface area contributed by atoms with Gasteiger partial charge in [-0.2, -0.15) is 0 Å². The summed E-state index contributed by atoms with van der Waals surface area (Å²) in [5.41, 5.74) is 2.08. The van der Waals surface area contributed by atoms with Gasteiger partial charge in [0, 0.05) is 30.5 Å². The van der Waals surface area contributed by atoms with Crippen LogP contribution in [0, 0.1) is 28.6 Å². The highest BCUT2D eigenvalue weighted by atomic mass is 28.4. The van der Waals surface area contributed by atoms with Crippen LogP contribution in [0.2, 0.25) is 16.6 Å². The number of piperidine rings is 1. The number of fused-ring (bicyclic) bond motifs is 5. The molecule has 1 aliphatic heterocycles. The summed E-state index contributed by atoms with van der Waals surface area (Å²) in [7, 11) is -2.07. The second kappa shape index (κ2) is 10.0. The molecule has 2 saturated carbocycles. The average molecular weight is 546 g/mol. The first kappa shape index (κ1) is 29.8. The number of nitrogens with zero attached hydrogens (tertiary/aromatic N) is 1. The molecule has 0 bridgehead atoms. The van der Waals surface area contributed by atoms with E-state index in [2.05, 4.69) is 61.5 Å². The van der Waals surface area contributed by atoms with Crippen molar-refractivity contribution < 1.29 is 18.8 Å². The average Bonchev–Trinajstić information content (AvgIpc) is 3.09. The second-order valence-electron chi connectivity index (χ2n) is 15.6. The van der Waals surface area contributed by atoms with Gasteiger partial charge < -0.3 is 9.16 Å². The Morgan fingerprint density at radius 1 is 1.00 bits per heavy atom. The third-order valence-corrected chi connectivity index (χ3v) is 17.2. The van der Waals surface area contributed by atoms with E-state index in [0.29, 0.717) is 59.5 Å². The molecule has 3 fully saturated rings. The van der Waals surface area contributed by atoms with Crippen LogP contribution in [0.15, 0.2) is 11.8 Å². The zero-order valence-electron chi connectivity index (χ0n) is 26.1. The van der Waals surface area contributed by atoms with Crippen molar-refractivity contribution in [1.82, 2.24) is 4.90 Å². The largest absolute Gasteiger partial charge is 0.443 e. The number of allylic oxidation sites excluding steroid dienone is 1. The number of hydrogen-bond acceptors (Lipinski definition) is 4. The normalized spacial score (nSPS) is 35.8. The van der Waals surface area contributed by atoms with E-state index in [9.17, 15) is 9.59 Å². The van der Waals surface area contributed by atoms with Gasteiger partial charge in [0.25, 0.3) is 0 Å². The van der Waals surface area contributed by atoms with Gasteiger partial charge in [-0.3, -0.25) is 9.69 Å². The topological polar surface area (TPSA) is 55.8 Å². The Balaban J connectivity index is 1.75.